The number of carbonyl (C=O) groups excluding carboxylic acids is 1. The second kappa shape index (κ2) is 9.94. The van der Waals surface area contributed by atoms with Crippen molar-refractivity contribution >= 4 is 5.91 Å². The molecule has 2 N–H and O–H groups in total. The van der Waals surface area contributed by atoms with E-state index in [1.165, 1.54) is 16.7 Å². The summed E-state index contributed by atoms with van der Waals surface area (Å²) in [6.07, 6.45) is 4.33. The molecule has 166 valence electrons. The van der Waals surface area contributed by atoms with Crippen LogP contribution in [0, 0.1) is 0 Å². The number of hydrogen-bond acceptors (Lipinski definition) is 4. The number of ether oxygens (including phenoxy) is 2. The van der Waals surface area contributed by atoms with Gasteiger partial charge in [0.15, 0.2) is 5.79 Å². The molecule has 2 aliphatic rings. The maximum atomic E-state index is 13.0. The van der Waals surface area contributed by atoms with Gasteiger partial charge in [-0.05, 0) is 61.1 Å². The molecule has 0 saturated carbocycles. The Labute approximate surface area is 185 Å². The minimum absolute atomic E-state index is 0.00459. The van der Waals surface area contributed by atoms with E-state index in [1.807, 2.05) is 12.1 Å². The van der Waals surface area contributed by atoms with Crippen LogP contribution in [-0.2, 0) is 35.3 Å². The van der Waals surface area contributed by atoms with E-state index in [0.717, 1.165) is 49.9 Å². The molecule has 4 rings (SSSR count). The largest absolute Gasteiger partial charge is 0.350 e. The molecule has 1 heterocycles. The molecule has 1 amide bonds. The Morgan fingerprint density at radius 3 is 2.71 bits per heavy atom. The van der Waals surface area contributed by atoms with Gasteiger partial charge in [0.1, 0.15) is 0 Å². The van der Waals surface area contributed by atoms with E-state index in [2.05, 4.69) is 54.8 Å². The van der Waals surface area contributed by atoms with Gasteiger partial charge in [0.25, 0.3) is 5.91 Å². The van der Waals surface area contributed by atoms with Crippen molar-refractivity contribution in [3.63, 3.8) is 0 Å². The van der Waals surface area contributed by atoms with Crippen LogP contribution in [0.4, 0.5) is 0 Å². The molecular weight excluding hydrogens is 388 g/mol. The van der Waals surface area contributed by atoms with Gasteiger partial charge in [-0.2, -0.15) is 0 Å². The summed E-state index contributed by atoms with van der Waals surface area (Å²) >= 11 is 0. The molecule has 1 atom stereocenters. The molecule has 5 heteroatoms. The number of hydrogen-bond donors (Lipinski definition) is 2. The minimum Gasteiger partial charge on any atom is -0.350 e. The summed E-state index contributed by atoms with van der Waals surface area (Å²) < 4.78 is 11.8. The van der Waals surface area contributed by atoms with E-state index in [4.69, 9.17) is 9.47 Å². The summed E-state index contributed by atoms with van der Waals surface area (Å²) in [5, 5.41) is 6.68. The van der Waals surface area contributed by atoms with Crippen molar-refractivity contribution < 1.29 is 14.3 Å². The van der Waals surface area contributed by atoms with Crippen molar-refractivity contribution in [2.24, 2.45) is 0 Å². The van der Waals surface area contributed by atoms with Gasteiger partial charge >= 0.3 is 0 Å². The average molecular weight is 423 g/mol. The van der Waals surface area contributed by atoms with Gasteiger partial charge in [-0.3, -0.25) is 4.79 Å². The fourth-order valence-corrected chi connectivity index (χ4v) is 4.60. The van der Waals surface area contributed by atoms with Crippen LogP contribution < -0.4 is 10.6 Å². The molecule has 1 saturated heterocycles. The molecule has 1 spiro atoms. The lowest BCUT2D eigenvalue weighted by molar-refractivity contribution is -0.163. The average Bonchev–Trinajstić information content (AvgIpc) is 3.24. The molecule has 0 aromatic heterocycles. The Bertz CT molecular complexity index is 905. The van der Waals surface area contributed by atoms with Crippen molar-refractivity contribution in [2.75, 3.05) is 19.8 Å². The van der Waals surface area contributed by atoms with Gasteiger partial charge in [0.2, 0.25) is 0 Å². The molecule has 1 aliphatic heterocycles. The van der Waals surface area contributed by atoms with E-state index in [-0.39, 0.29) is 11.9 Å². The van der Waals surface area contributed by atoms with Gasteiger partial charge in [-0.15, -0.1) is 0 Å². The lowest BCUT2D eigenvalue weighted by atomic mass is 9.84. The fourth-order valence-electron chi connectivity index (χ4n) is 4.60. The Kier molecular flexibility index (Phi) is 7.06. The first-order valence-corrected chi connectivity index (χ1v) is 11.6. The molecular formula is C26H34N2O3. The van der Waals surface area contributed by atoms with Crippen LogP contribution in [0.25, 0.3) is 0 Å². The number of rotatable bonds is 8. The first-order chi connectivity index (χ1) is 15.1. The first kappa shape index (κ1) is 22.0. The standard InChI is InChI=1S/C26H34N2O3/c1-3-20-6-4-7-21(16-20)18-27-13-11-19(2)28-25(29)23-9-5-8-22-10-12-26(17-24(22)23)30-14-15-31-26/h4-9,16,19,27H,3,10-15,17-18H2,1-2H3,(H,28,29). The monoisotopic (exact) mass is 422 g/mol. The van der Waals surface area contributed by atoms with Gasteiger partial charge in [0.05, 0.1) is 13.2 Å². The second-order valence-electron chi connectivity index (χ2n) is 8.74. The SMILES string of the molecule is CCc1cccc(CNCCC(C)NC(=O)c2cccc3c2CC2(CC3)OCCO2)c1. The Morgan fingerprint density at radius 1 is 1.13 bits per heavy atom. The number of amides is 1. The van der Waals surface area contributed by atoms with Crippen LogP contribution in [0.15, 0.2) is 42.5 Å². The summed E-state index contributed by atoms with van der Waals surface area (Å²) in [4.78, 5) is 13.0. The van der Waals surface area contributed by atoms with Crippen LogP contribution in [0.1, 0.15) is 59.3 Å². The van der Waals surface area contributed by atoms with Gasteiger partial charge in [-0.25, -0.2) is 0 Å². The molecule has 0 bridgehead atoms. The molecule has 5 nitrogen and oxygen atoms in total. The molecule has 1 aliphatic carbocycles. The summed E-state index contributed by atoms with van der Waals surface area (Å²) in [5.41, 5.74) is 5.74. The third-order valence-corrected chi connectivity index (χ3v) is 6.41. The zero-order chi connectivity index (χ0) is 21.7. The van der Waals surface area contributed by atoms with Gasteiger partial charge in [-0.1, -0.05) is 43.3 Å². The highest BCUT2D eigenvalue weighted by atomic mass is 16.7. The number of nitrogens with one attached hydrogen (secondary N) is 2. The van der Waals surface area contributed by atoms with Crippen LogP contribution in [0.3, 0.4) is 0 Å². The highest BCUT2D eigenvalue weighted by Crippen LogP contribution is 2.36. The van der Waals surface area contributed by atoms with Crippen LogP contribution in [-0.4, -0.2) is 37.5 Å². The summed E-state index contributed by atoms with van der Waals surface area (Å²) in [7, 11) is 0. The smallest absolute Gasteiger partial charge is 0.251 e. The minimum atomic E-state index is -0.534. The highest BCUT2D eigenvalue weighted by Gasteiger charge is 2.41. The number of carbonyl (C=O) groups is 1. The van der Waals surface area contributed by atoms with Crippen LogP contribution >= 0.6 is 0 Å². The second-order valence-corrected chi connectivity index (χ2v) is 8.74. The molecule has 0 radical (unpaired) electrons. The van der Waals surface area contributed by atoms with Crippen LogP contribution in [0.2, 0.25) is 0 Å². The quantitative estimate of drug-likeness (QED) is 0.636. The summed E-state index contributed by atoms with van der Waals surface area (Å²) in [6, 6.07) is 14.8. The molecule has 2 aromatic rings. The maximum absolute atomic E-state index is 13.0. The normalized spacial score (nSPS) is 18.0. The molecule has 1 unspecified atom stereocenters. The zero-order valence-electron chi connectivity index (χ0n) is 18.7. The maximum Gasteiger partial charge on any atom is 0.251 e. The van der Waals surface area contributed by atoms with Crippen molar-refractivity contribution in [3.8, 4) is 0 Å². The van der Waals surface area contributed by atoms with Crippen LogP contribution in [0.5, 0.6) is 0 Å². The predicted octanol–water partition coefficient (Wildman–Crippen LogP) is 3.78. The van der Waals surface area contributed by atoms with Crippen molar-refractivity contribution in [2.45, 2.75) is 64.3 Å². The third kappa shape index (κ3) is 5.35. The Morgan fingerprint density at radius 2 is 1.90 bits per heavy atom. The Balaban J connectivity index is 1.29. The molecule has 1 fully saturated rings. The van der Waals surface area contributed by atoms with E-state index < -0.39 is 5.79 Å². The summed E-state index contributed by atoms with van der Waals surface area (Å²) in [6.45, 7) is 7.22. The van der Waals surface area contributed by atoms with Crippen molar-refractivity contribution in [1.29, 1.82) is 0 Å². The third-order valence-electron chi connectivity index (χ3n) is 6.41. The summed E-state index contributed by atoms with van der Waals surface area (Å²) in [5.74, 6) is -0.538. The van der Waals surface area contributed by atoms with E-state index in [0.29, 0.717) is 19.6 Å². The number of benzene rings is 2. The lowest BCUT2D eigenvalue weighted by Gasteiger charge is -2.33. The molecule has 31 heavy (non-hydrogen) atoms. The van der Waals surface area contributed by atoms with Crippen molar-refractivity contribution in [3.05, 3.63) is 70.3 Å². The van der Waals surface area contributed by atoms with Gasteiger partial charge < -0.3 is 20.1 Å². The van der Waals surface area contributed by atoms with E-state index in [1.54, 1.807) is 0 Å². The van der Waals surface area contributed by atoms with Crippen molar-refractivity contribution in [1.82, 2.24) is 10.6 Å². The lowest BCUT2D eigenvalue weighted by Crippen LogP contribution is -2.40. The first-order valence-electron chi connectivity index (χ1n) is 11.6. The van der Waals surface area contributed by atoms with E-state index >= 15 is 0 Å². The predicted molar refractivity (Wildman–Crippen MR) is 122 cm³/mol. The number of fused-ring (bicyclic) bond motifs is 1. The molecule has 2 aromatic carbocycles. The highest BCUT2D eigenvalue weighted by molar-refractivity contribution is 5.96. The zero-order valence-corrected chi connectivity index (χ0v) is 18.7. The topological polar surface area (TPSA) is 59.6 Å². The fraction of sp³-hybridized carbons (Fsp3) is 0.500. The number of aryl methyl sites for hydroxylation is 2. The van der Waals surface area contributed by atoms with Gasteiger partial charge in [0, 0.05) is 31.0 Å². The Hall–Kier alpha value is -2.21. The van der Waals surface area contributed by atoms with E-state index in [9.17, 15) is 4.79 Å².